The Kier molecular flexibility index (Phi) is 3.34. The summed E-state index contributed by atoms with van der Waals surface area (Å²) >= 11 is 0. The molecule has 1 unspecified atom stereocenters. The first-order chi connectivity index (χ1) is 5.34. The molecule has 0 aliphatic carbocycles. The summed E-state index contributed by atoms with van der Waals surface area (Å²) in [4.78, 5) is 0. The van der Waals surface area contributed by atoms with Gasteiger partial charge in [0.25, 0.3) is 0 Å². The summed E-state index contributed by atoms with van der Waals surface area (Å²) < 4.78 is 11.3. The van der Waals surface area contributed by atoms with E-state index in [0.717, 1.165) is 11.8 Å². The standard InChI is InChI=1S/C8H12NOP/c1-2-9-11(10)8-6-4-3-5-7-8/h3-7,11H,2H2,1H3,(H,9,10). The molecule has 0 heterocycles. The van der Waals surface area contributed by atoms with Crippen LogP contribution >= 0.6 is 7.95 Å². The predicted octanol–water partition coefficient (Wildman–Crippen LogP) is 1.40. The Bertz CT molecular complexity index is 235. The van der Waals surface area contributed by atoms with E-state index in [4.69, 9.17) is 0 Å². The van der Waals surface area contributed by atoms with Crippen molar-refractivity contribution in [3.63, 3.8) is 0 Å². The Hall–Kier alpha value is -0.590. The van der Waals surface area contributed by atoms with Crippen LogP contribution < -0.4 is 10.4 Å². The molecule has 1 rings (SSSR count). The highest BCUT2D eigenvalue weighted by Crippen LogP contribution is 2.11. The topological polar surface area (TPSA) is 29.1 Å². The molecule has 11 heavy (non-hydrogen) atoms. The van der Waals surface area contributed by atoms with E-state index >= 15 is 0 Å². The number of benzene rings is 1. The van der Waals surface area contributed by atoms with Crippen molar-refractivity contribution in [3.8, 4) is 0 Å². The predicted molar refractivity (Wildman–Crippen MR) is 48.8 cm³/mol. The van der Waals surface area contributed by atoms with E-state index in [1.165, 1.54) is 0 Å². The number of nitrogens with one attached hydrogen (secondary N) is 1. The van der Waals surface area contributed by atoms with E-state index in [2.05, 4.69) is 5.09 Å². The number of hydrogen-bond acceptors (Lipinski definition) is 1. The molecule has 0 amide bonds. The maximum atomic E-state index is 11.3. The van der Waals surface area contributed by atoms with Crippen LogP contribution in [0.4, 0.5) is 0 Å². The van der Waals surface area contributed by atoms with Crippen molar-refractivity contribution < 1.29 is 4.57 Å². The minimum absolute atomic E-state index is 0.757. The van der Waals surface area contributed by atoms with Crippen molar-refractivity contribution in [2.24, 2.45) is 0 Å². The lowest BCUT2D eigenvalue weighted by atomic mass is 10.4. The van der Waals surface area contributed by atoms with Gasteiger partial charge in [0.2, 0.25) is 0 Å². The zero-order valence-electron chi connectivity index (χ0n) is 6.50. The fraction of sp³-hybridized carbons (Fsp3) is 0.250. The van der Waals surface area contributed by atoms with Gasteiger partial charge in [0.05, 0.1) is 0 Å². The first-order valence-electron chi connectivity index (χ1n) is 3.68. The van der Waals surface area contributed by atoms with Gasteiger partial charge in [-0.2, -0.15) is 0 Å². The lowest BCUT2D eigenvalue weighted by molar-refractivity contribution is 0.586. The maximum absolute atomic E-state index is 11.3. The largest absolute Gasteiger partial charge is 0.305 e. The Morgan fingerprint density at radius 3 is 2.55 bits per heavy atom. The summed E-state index contributed by atoms with van der Waals surface area (Å²) in [7, 11) is -1.72. The first-order valence-corrected chi connectivity index (χ1v) is 5.08. The normalized spacial score (nSPS) is 12.8. The summed E-state index contributed by atoms with van der Waals surface area (Å²) in [5.41, 5.74) is 0. The molecule has 0 radical (unpaired) electrons. The van der Waals surface area contributed by atoms with Gasteiger partial charge >= 0.3 is 0 Å². The number of hydrogen-bond donors (Lipinski definition) is 1. The van der Waals surface area contributed by atoms with Crippen LogP contribution in [0.5, 0.6) is 0 Å². The van der Waals surface area contributed by atoms with Gasteiger partial charge in [-0.15, -0.1) is 0 Å². The van der Waals surface area contributed by atoms with Gasteiger partial charge in [0.1, 0.15) is 0 Å². The van der Waals surface area contributed by atoms with Crippen LogP contribution in [0.1, 0.15) is 6.92 Å². The van der Waals surface area contributed by atoms with Crippen molar-refractivity contribution >= 4 is 13.3 Å². The molecule has 1 aromatic carbocycles. The molecule has 1 N–H and O–H groups in total. The lowest BCUT2D eigenvalue weighted by Gasteiger charge is -2.00. The van der Waals surface area contributed by atoms with Crippen LogP contribution in [0.25, 0.3) is 0 Å². The maximum Gasteiger partial charge on any atom is 0.164 e. The lowest BCUT2D eigenvalue weighted by Crippen LogP contribution is -2.09. The van der Waals surface area contributed by atoms with Crippen LogP contribution in [0.3, 0.4) is 0 Å². The van der Waals surface area contributed by atoms with Gasteiger partial charge in [0, 0.05) is 5.30 Å². The molecule has 0 bridgehead atoms. The van der Waals surface area contributed by atoms with Gasteiger partial charge in [0.15, 0.2) is 7.95 Å². The van der Waals surface area contributed by atoms with Crippen LogP contribution in [-0.2, 0) is 4.57 Å². The van der Waals surface area contributed by atoms with Crippen molar-refractivity contribution in [3.05, 3.63) is 30.3 Å². The highest BCUT2D eigenvalue weighted by molar-refractivity contribution is 7.51. The smallest absolute Gasteiger partial charge is 0.164 e. The molecular weight excluding hydrogens is 157 g/mol. The second kappa shape index (κ2) is 4.32. The highest BCUT2D eigenvalue weighted by atomic mass is 31.1. The van der Waals surface area contributed by atoms with E-state index in [1.54, 1.807) is 0 Å². The van der Waals surface area contributed by atoms with Crippen molar-refractivity contribution in [2.75, 3.05) is 6.54 Å². The molecular formula is C8H12NOP. The minimum Gasteiger partial charge on any atom is -0.305 e. The summed E-state index contributed by atoms with van der Waals surface area (Å²) in [6.45, 7) is 2.71. The molecule has 3 heteroatoms. The number of rotatable bonds is 3. The second-order valence-corrected chi connectivity index (χ2v) is 3.81. The fourth-order valence-electron chi connectivity index (χ4n) is 0.852. The Labute approximate surface area is 67.5 Å². The minimum atomic E-state index is -1.72. The van der Waals surface area contributed by atoms with Gasteiger partial charge in [-0.1, -0.05) is 37.3 Å². The third-order valence-corrected chi connectivity index (χ3v) is 2.91. The third-order valence-electron chi connectivity index (χ3n) is 1.37. The van der Waals surface area contributed by atoms with Crippen molar-refractivity contribution in [1.82, 2.24) is 5.09 Å². The molecule has 2 nitrogen and oxygen atoms in total. The van der Waals surface area contributed by atoms with Crippen LogP contribution in [0, 0.1) is 0 Å². The average Bonchev–Trinajstić information content (AvgIpc) is 2.07. The van der Waals surface area contributed by atoms with E-state index in [-0.39, 0.29) is 0 Å². The molecule has 0 aliphatic heterocycles. The molecule has 0 spiro atoms. The zero-order chi connectivity index (χ0) is 8.10. The van der Waals surface area contributed by atoms with Gasteiger partial charge < -0.3 is 4.57 Å². The third kappa shape index (κ3) is 2.49. The summed E-state index contributed by atoms with van der Waals surface area (Å²) in [6.07, 6.45) is 0. The van der Waals surface area contributed by atoms with E-state index in [0.29, 0.717) is 0 Å². The van der Waals surface area contributed by atoms with Crippen LogP contribution in [0.2, 0.25) is 0 Å². The van der Waals surface area contributed by atoms with Crippen LogP contribution in [-0.4, -0.2) is 6.54 Å². The second-order valence-electron chi connectivity index (χ2n) is 2.23. The first kappa shape index (κ1) is 8.51. The highest BCUT2D eigenvalue weighted by Gasteiger charge is 1.97. The fourth-order valence-corrected chi connectivity index (χ4v) is 1.87. The zero-order valence-corrected chi connectivity index (χ0v) is 7.50. The Morgan fingerprint density at radius 1 is 1.36 bits per heavy atom. The quantitative estimate of drug-likeness (QED) is 0.693. The van der Waals surface area contributed by atoms with Gasteiger partial charge in [-0.05, 0) is 6.54 Å². The summed E-state index contributed by atoms with van der Waals surface area (Å²) in [5, 5.41) is 3.81. The Balaban J connectivity index is 2.69. The van der Waals surface area contributed by atoms with Gasteiger partial charge in [-0.25, -0.2) is 0 Å². The van der Waals surface area contributed by atoms with E-state index < -0.39 is 7.95 Å². The Morgan fingerprint density at radius 2 is 2.00 bits per heavy atom. The molecule has 1 aromatic rings. The van der Waals surface area contributed by atoms with Crippen molar-refractivity contribution in [2.45, 2.75) is 6.92 Å². The molecule has 0 fully saturated rings. The van der Waals surface area contributed by atoms with E-state index in [1.807, 2.05) is 37.3 Å². The molecule has 0 aromatic heterocycles. The SMILES string of the molecule is CCN[PH](=O)c1ccccc1. The summed E-state index contributed by atoms with van der Waals surface area (Å²) in [5.74, 6) is 0. The van der Waals surface area contributed by atoms with Gasteiger partial charge in [-0.3, -0.25) is 5.09 Å². The molecule has 0 aliphatic rings. The summed E-state index contributed by atoms with van der Waals surface area (Å²) in [6, 6.07) is 9.48. The molecule has 0 saturated heterocycles. The van der Waals surface area contributed by atoms with Crippen LogP contribution in [0.15, 0.2) is 30.3 Å². The molecule has 1 atom stereocenters. The average molecular weight is 169 g/mol. The van der Waals surface area contributed by atoms with Crippen molar-refractivity contribution in [1.29, 1.82) is 0 Å². The molecule has 60 valence electrons. The van der Waals surface area contributed by atoms with E-state index in [9.17, 15) is 4.57 Å². The molecule has 0 saturated carbocycles. The monoisotopic (exact) mass is 169 g/mol.